The van der Waals surface area contributed by atoms with Gasteiger partial charge in [-0.05, 0) is 86.7 Å². The molecule has 0 bridgehead atoms. The van der Waals surface area contributed by atoms with E-state index in [9.17, 15) is 0 Å². The summed E-state index contributed by atoms with van der Waals surface area (Å²) in [6, 6.07) is 22.6. The molecule has 3 aromatic carbocycles. The van der Waals surface area contributed by atoms with E-state index in [4.69, 9.17) is 19.3 Å². The second kappa shape index (κ2) is 16.3. The van der Waals surface area contributed by atoms with Gasteiger partial charge in [-0.25, -0.2) is 0 Å². The van der Waals surface area contributed by atoms with Gasteiger partial charge in [-0.15, -0.1) is 6.58 Å². The van der Waals surface area contributed by atoms with Crippen molar-refractivity contribution in [3.05, 3.63) is 97.1 Å². The molecule has 0 radical (unpaired) electrons. The Kier molecular flexibility index (Phi) is 11.7. The minimum Gasteiger partial charge on any atom is -0.496 e. The van der Waals surface area contributed by atoms with Crippen molar-refractivity contribution >= 4 is 29.4 Å². The quantitative estimate of drug-likeness (QED) is 0.0572. The minimum atomic E-state index is 0.0474. The van der Waals surface area contributed by atoms with E-state index in [0.29, 0.717) is 17.6 Å². The largest absolute Gasteiger partial charge is 0.496 e. The Morgan fingerprint density at radius 1 is 0.977 bits per heavy atom. The number of rotatable bonds is 16. The van der Waals surface area contributed by atoms with Crippen molar-refractivity contribution in [2.75, 3.05) is 19.0 Å². The Labute approximate surface area is 267 Å². The van der Waals surface area contributed by atoms with Crippen molar-refractivity contribution in [3.8, 4) is 17.2 Å². The van der Waals surface area contributed by atoms with Gasteiger partial charge in [0.1, 0.15) is 23.0 Å². The molecule has 0 amide bonds. The molecule has 1 heterocycles. The van der Waals surface area contributed by atoms with Gasteiger partial charge in [0, 0.05) is 16.0 Å². The van der Waals surface area contributed by atoms with Gasteiger partial charge < -0.3 is 19.5 Å². The molecule has 1 unspecified atom stereocenters. The molecule has 6 nitrogen and oxygen atoms in total. The number of nitrogens with zero attached hydrogens (tertiary/aromatic N) is 2. The second-order valence-electron chi connectivity index (χ2n) is 11.3. The van der Waals surface area contributed by atoms with Gasteiger partial charge in [0.05, 0.1) is 31.7 Å². The fourth-order valence-electron chi connectivity index (χ4n) is 5.66. The molecule has 5 rings (SSSR count). The smallest absolute Gasteiger partial charge is 0.168 e. The van der Waals surface area contributed by atoms with Crippen molar-refractivity contribution in [1.82, 2.24) is 5.01 Å². The highest BCUT2D eigenvalue weighted by Gasteiger charge is 2.31. The summed E-state index contributed by atoms with van der Waals surface area (Å²) in [6.45, 7) is 8.69. The standard InChI is InChI=1S/C37H45N3O3S/c1-4-5-6-7-8-14-25-42-32-21-19-29(20-22-32)28(2)43-33-23-24-35(41-3)30(26-33)27-38-40(31-15-10-9-11-16-31)37-39-34-17-12-13-18-36(34)44-37/h4,12-13,17-24,26-27,31,37,39H,1-2,5-11,14-16,25H2,3H3/b38-27+. The highest BCUT2D eigenvalue weighted by molar-refractivity contribution is 8.00. The SMILES string of the molecule is C=CCCCCCCOc1ccc(C(=C)Oc2ccc(OC)c(/C=N/N(C3CCCCC3)C3Nc4ccccc4S3)c2)cc1. The van der Waals surface area contributed by atoms with Gasteiger partial charge in [-0.1, -0.05) is 68.7 Å². The number of thioether (sulfide) groups is 1. The van der Waals surface area contributed by atoms with Crippen LogP contribution in [0.3, 0.4) is 0 Å². The molecule has 0 aromatic heterocycles. The van der Waals surface area contributed by atoms with Crippen LogP contribution in [0.25, 0.3) is 5.76 Å². The third kappa shape index (κ3) is 8.63. The van der Waals surface area contributed by atoms with Crippen LogP contribution in [0.2, 0.25) is 0 Å². The van der Waals surface area contributed by atoms with E-state index in [1.807, 2.05) is 66.5 Å². The highest BCUT2D eigenvalue weighted by Crippen LogP contribution is 2.41. The summed E-state index contributed by atoms with van der Waals surface area (Å²) >= 11 is 1.82. The molecule has 0 saturated heterocycles. The summed E-state index contributed by atoms with van der Waals surface area (Å²) in [4.78, 5) is 1.26. The van der Waals surface area contributed by atoms with Crippen LogP contribution in [-0.4, -0.2) is 36.5 Å². The summed E-state index contributed by atoms with van der Waals surface area (Å²) in [5, 5.41) is 11.0. The van der Waals surface area contributed by atoms with Crippen LogP contribution >= 0.6 is 11.8 Å². The first kappa shape index (κ1) is 31.6. The Balaban J connectivity index is 1.22. The van der Waals surface area contributed by atoms with Crippen LogP contribution < -0.4 is 19.5 Å². The summed E-state index contributed by atoms with van der Waals surface area (Å²) in [5.74, 6) is 2.85. The Morgan fingerprint density at radius 2 is 1.75 bits per heavy atom. The predicted molar refractivity (Wildman–Crippen MR) is 184 cm³/mol. The third-order valence-electron chi connectivity index (χ3n) is 8.11. The van der Waals surface area contributed by atoms with Gasteiger partial charge in [-0.3, -0.25) is 5.01 Å². The van der Waals surface area contributed by atoms with Gasteiger partial charge >= 0.3 is 0 Å². The van der Waals surface area contributed by atoms with Crippen LogP contribution in [0.5, 0.6) is 17.2 Å². The minimum absolute atomic E-state index is 0.0474. The number of fused-ring (bicyclic) bond motifs is 1. The van der Waals surface area contributed by atoms with E-state index in [2.05, 4.69) is 47.7 Å². The average molecular weight is 612 g/mol. The number of benzene rings is 3. The lowest BCUT2D eigenvalue weighted by molar-refractivity contribution is 0.161. The monoisotopic (exact) mass is 611 g/mol. The van der Waals surface area contributed by atoms with E-state index >= 15 is 0 Å². The molecule has 0 spiro atoms. The molecular formula is C37H45N3O3S. The number of para-hydroxylation sites is 1. The summed E-state index contributed by atoms with van der Waals surface area (Å²) in [6.07, 6.45) is 15.7. The molecule has 232 valence electrons. The van der Waals surface area contributed by atoms with Crippen LogP contribution in [0.4, 0.5) is 5.69 Å². The van der Waals surface area contributed by atoms with E-state index < -0.39 is 0 Å². The van der Waals surface area contributed by atoms with E-state index in [1.165, 1.54) is 49.1 Å². The molecule has 3 aromatic rings. The number of hydrazone groups is 1. The fraction of sp³-hybridized carbons (Fsp3) is 0.378. The molecule has 2 aliphatic rings. The van der Waals surface area contributed by atoms with E-state index in [-0.39, 0.29) is 5.50 Å². The van der Waals surface area contributed by atoms with Gasteiger partial charge in [-0.2, -0.15) is 5.10 Å². The molecule has 1 aliphatic heterocycles. The molecular weight excluding hydrogens is 566 g/mol. The predicted octanol–water partition coefficient (Wildman–Crippen LogP) is 9.73. The number of ether oxygens (including phenoxy) is 3. The van der Waals surface area contributed by atoms with Crippen LogP contribution in [-0.2, 0) is 0 Å². The van der Waals surface area contributed by atoms with Crippen molar-refractivity contribution in [1.29, 1.82) is 0 Å². The maximum Gasteiger partial charge on any atom is 0.168 e. The first-order chi connectivity index (χ1) is 21.6. The van der Waals surface area contributed by atoms with Crippen molar-refractivity contribution in [2.45, 2.75) is 80.6 Å². The van der Waals surface area contributed by atoms with Crippen molar-refractivity contribution < 1.29 is 14.2 Å². The van der Waals surface area contributed by atoms with Crippen LogP contribution in [0, 0.1) is 0 Å². The summed E-state index contributed by atoms with van der Waals surface area (Å²) in [5.41, 5.74) is 2.97. The van der Waals surface area contributed by atoms with E-state index in [1.54, 1.807) is 7.11 Å². The first-order valence-corrected chi connectivity index (χ1v) is 16.8. The second-order valence-corrected chi connectivity index (χ2v) is 12.4. The zero-order valence-electron chi connectivity index (χ0n) is 25.9. The fourth-order valence-corrected chi connectivity index (χ4v) is 6.83. The average Bonchev–Trinajstić information content (AvgIpc) is 3.49. The molecule has 1 atom stereocenters. The summed E-state index contributed by atoms with van der Waals surface area (Å²) < 4.78 is 17.8. The lowest BCUT2D eigenvalue weighted by Crippen LogP contribution is -2.41. The number of hydrogen-bond donors (Lipinski definition) is 1. The van der Waals surface area contributed by atoms with Crippen LogP contribution in [0.15, 0.2) is 96.0 Å². The van der Waals surface area contributed by atoms with Gasteiger partial charge in [0.15, 0.2) is 5.50 Å². The van der Waals surface area contributed by atoms with Crippen molar-refractivity contribution in [2.24, 2.45) is 5.10 Å². The molecule has 1 fully saturated rings. The maximum atomic E-state index is 6.20. The first-order valence-electron chi connectivity index (χ1n) is 15.9. The number of nitrogens with one attached hydrogen (secondary N) is 1. The highest BCUT2D eigenvalue weighted by atomic mass is 32.2. The molecule has 1 N–H and O–H groups in total. The number of unbranched alkanes of at least 4 members (excludes halogenated alkanes) is 4. The number of allylic oxidation sites excluding steroid dienone is 1. The van der Waals surface area contributed by atoms with Gasteiger partial charge in [0.2, 0.25) is 0 Å². The zero-order chi connectivity index (χ0) is 30.6. The van der Waals surface area contributed by atoms with E-state index in [0.717, 1.165) is 54.9 Å². The number of hydrogen-bond acceptors (Lipinski definition) is 7. The topological polar surface area (TPSA) is 55.3 Å². The van der Waals surface area contributed by atoms with Crippen LogP contribution in [0.1, 0.15) is 75.3 Å². The Bertz CT molecular complexity index is 1380. The number of methoxy groups -OCH3 is 1. The molecule has 7 heteroatoms. The zero-order valence-corrected chi connectivity index (χ0v) is 26.7. The Hall–Kier alpha value is -3.84. The number of anilines is 1. The Morgan fingerprint density at radius 3 is 2.52 bits per heavy atom. The normalized spacial score (nSPS) is 16.2. The maximum absolute atomic E-state index is 6.20. The van der Waals surface area contributed by atoms with Gasteiger partial charge in [0.25, 0.3) is 0 Å². The van der Waals surface area contributed by atoms with Crippen molar-refractivity contribution in [3.63, 3.8) is 0 Å². The molecule has 1 saturated carbocycles. The molecule has 1 aliphatic carbocycles. The lowest BCUT2D eigenvalue weighted by Gasteiger charge is -2.35. The molecule has 44 heavy (non-hydrogen) atoms. The lowest BCUT2D eigenvalue weighted by atomic mass is 9.95. The summed E-state index contributed by atoms with van der Waals surface area (Å²) in [7, 11) is 1.68. The third-order valence-corrected chi connectivity index (χ3v) is 9.28.